The third-order valence-corrected chi connectivity index (χ3v) is 4.45. The number of nitrogens with one attached hydrogen (secondary N) is 1. The third kappa shape index (κ3) is 5.37. The minimum atomic E-state index is -0.329. The number of likely N-dealkylation sites (tertiary alicyclic amines) is 1. The number of rotatable bonds is 6. The van der Waals surface area contributed by atoms with Gasteiger partial charge in [-0.15, -0.1) is 0 Å². The standard InChI is InChI=1S/C19H28N2O4/c1-4-25-19(23)21-11-5-6-16(13-21)18(22)20-10-9-15-12-14(2)7-8-17(15)24-3/h7-8,12,16H,4-6,9-11,13H2,1-3H3,(H,20,22). The Morgan fingerprint density at radius 2 is 2.16 bits per heavy atom. The second-order valence-corrected chi connectivity index (χ2v) is 6.34. The predicted octanol–water partition coefficient (Wildman–Crippen LogP) is 2.53. The summed E-state index contributed by atoms with van der Waals surface area (Å²) in [7, 11) is 1.65. The van der Waals surface area contributed by atoms with E-state index in [1.54, 1.807) is 18.9 Å². The van der Waals surface area contributed by atoms with Gasteiger partial charge in [0, 0.05) is 19.6 Å². The van der Waals surface area contributed by atoms with E-state index in [0.29, 0.717) is 32.7 Å². The minimum Gasteiger partial charge on any atom is -0.496 e. The van der Waals surface area contributed by atoms with E-state index in [2.05, 4.69) is 11.4 Å². The first-order valence-electron chi connectivity index (χ1n) is 8.88. The monoisotopic (exact) mass is 348 g/mol. The van der Waals surface area contributed by atoms with Crippen LogP contribution in [0.2, 0.25) is 0 Å². The summed E-state index contributed by atoms with van der Waals surface area (Å²) >= 11 is 0. The van der Waals surface area contributed by atoms with E-state index in [1.165, 1.54) is 5.56 Å². The normalized spacial score (nSPS) is 17.1. The number of benzene rings is 1. The van der Waals surface area contributed by atoms with Crippen LogP contribution in [0, 0.1) is 12.8 Å². The summed E-state index contributed by atoms with van der Waals surface area (Å²) in [4.78, 5) is 25.9. The molecule has 1 aromatic rings. The molecule has 1 N–H and O–H groups in total. The van der Waals surface area contributed by atoms with Crippen LogP contribution in [0.3, 0.4) is 0 Å². The fourth-order valence-electron chi connectivity index (χ4n) is 3.14. The van der Waals surface area contributed by atoms with Gasteiger partial charge in [0.05, 0.1) is 19.6 Å². The molecule has 1 aromatic carbocycles. The Balaban J connectivity index is 1.84. The third-order valence-electron chi connectivity index (χ3n) is 4.45. The zero-order chi connectivity index (χ0) is 18.2. The number of piperidine rings is 1. The molecule has 0 spiro atoms. The maximum Gasteiger partial charge on any atom is 0.409 e. The highest BCUT2D eigenvalue weighted by Gasteiger charge is 2.28. The number of ether oxygens (including phenoxy) is 2. The first-order chi connectivity index (χ1) is 12.0. The zero-order valence-electron chi connectivity index (χ0n) is 15.3. The number of carbonyl (C=O) groups excluding carboxylic acids is 2. The highest BCUT2D eigenvalue weighted by atomic mass is 16.6. The average Bonchev–Trinajstić information content (AvgIpc) is 2.62. The van der Waals surface area contributed by atoms with Crippen molar-refractivity contribution in [1.29, 1.82) is 0 Å². The van der Waals surface area contributed by atoms with Crippen LogP contribution in [0.1, 0.15) is 30.9 Å². The maximum absolute atomic E-state index is 12.4. The van der Waals surface area contributed by atoms with Crippen molar-refractivity contribution in [2.75, 3.05) is 33.4 Å². The fraction of sp³-hybridized carbons (Fsp3) is 0.579. The van der Waals surface area contributed by atoms with E-state index in [1.807, 2.05) is 19.1 Å². The molecule has 2 rings (SSSR count). The molecule has 1 aliphatic heterocycles. The van der Waals surface area contributed by atoms with Crippen molar-refractivity contribution < 1.29 is 19.1 Å². The number of hydrogen-bond acceptors (Lipinski definition) is 4. The lowest BCUT2D eigenvalue weighted by molar-refractivity contribution is -0.126. The Kier molecular flexibility index (Phi) is 7.10. The molecular weight excluding hydrogens is 320 g/mol. The van der Waals surface area contributed by atoms with Gasteiger partial charge in [-0.1, -0.05) is 17.7 Å². The second kappa shape index (κ2) is 9.30. The molecule has 1 saturated heterocycles. The first-order valence-corrected chi connectivity index (χ1v) is 8.88. The van der Waals surface area contributed by atoms with E-state index in [4.69, 9.17) is 9.47 Å². The van der Waals surface area contributed by atoms with Gasteiger partial charge in [-0.05, 0) is 44.7 Å². The topological polar surface area (TPSA) is 67.9 Å². The van der Waals surface area contributed by atoms with E-state index in [-0.39, 0.29) is 17.9 Å². The minimum absolute atomic E-state index is 0.000573. The van der Waals surface area contributed by atoms with Crippen molar-refractivity contribution in [2.45, 2.75) is 33.1 Å². The molecule has 25 heavy (non-hydrogen) atoms. The summed E-state index contributed by atoms with van der Waals surface area (Å²) in [6.07, 6.45) is 2.01. The van der Waals surface area contributed by atoms with Gasteiger partial charge in [0.25, 0.3) is 0 Å². The fourth-order valence-corrected chi connectivity index (χ4v) is 3.14. The highest BCUT2D eigenvalue weighted by Crippen LogP contribution is 2.20. The predicted molar refractivity (Wildman–Crippen MR) is 95.8 cm³/mol. The van der Waals surface area contributed by atoms with Gasteiger partial charge in [0.1, 0.15) is 5.75 Å². The number of aryl methyl sites for hydroxylation is 1. The van der Waals surface area contributed by atoms with Crippen LogP contribution in [0.5, 0.6) is 5.75 Å². The van der Waals surface area contributed by atoms with Crippen LogP contribution in [-0.4, -0.2) is 50.3 Å². The smallest absolute Gasteiger partial charge is 0.409 e. The summed E-state index contributed by atoms with van der Waals surface area (Å²) in [5.41, 5.74) is 2.25. The SMILES string of the molecule is CCOC(=O)N1CCCC(C(=O)NCCc2cc(C)ccc2OC)C1. The average molecular weight is 348 g/mol. The number of methoxy groups -OCH3 is 1. The summed E-state index contributed by atoms with van der Waals surface area (Å²) in [6, 6.07) is 6.03. The molecule has 0 aliphatic carbocycles. The van der Waals surface area contributed by atoms with E-state index >= 15 is 0 Å². The van der Waals surface area contributed by atoms with Crippen molar-refractivity contribution in [2.24, 2.45) is 5.92 Å². The highest BCUT2D eigenvalue weighted by molar-refractivity contribution is 5.80. The molecule has 6 nitrogen and oxygen atoms in total. The molecular formula is C19H28N2O4. The Bertz CT molecular complexity index is 603. The lowest BCUT2D eigenvalue weighted by atomic mass is 9.97. The Hall–Kier alpha value is -2.24. The maximum atomic E-state index is 12.4. The Morgan fingerprint density at radius 1 is 1.36 bits per heavy atom. The molecule has 1 unspecified atom stereocenters. The molecule has 1 fully saturated rings. The summed E-state index contributed by atoms with van der Waals surface area (Å²) in [5.74, 6) is 0.671. The van der Waals surface area contributed by atoms with Crippen LogP contribution in [0.15, 0.2) is 18.2 Å². The molecule has 6 heteroatoms. The molecule has 1 atom stereocenters. The number of carbonyl (C=O) groups is 2. The zero-order valence-corrected chi connectivity index (χ0v) is 15.3. The van der Waals surface area contributed by atoms with Crippen molar-refractivity contribution in [1.82, 2.24) is 10.2 Å². The molecule has 0 saturated carbocycles. The van der Waals surface area contributed by atoms with Gasteiger partial charge in [-0.25, -0.2) is 4.79 Å². The quantitative estimate of drug-likeness (QED) is 0.858. The van der Waals surface area contributed by atoms with Gasteiger partial charge in [-0.2, -0.15) is 0 Å². The summed E-state index contributed by atoms with van der Waals surface area (Å²) in [5, 5.41) is 2.99. The summed E-state index contributed by atoms with van der Waals surface area (Å²) in [6.45, 7) is 5.81. The number of nitrogens with zero attached hydrogens (tertiary/aromatic N) is 1. The van der Waals surface area contributed by atoms with Gasteiger partial charge < -0.3 is 19.7 Å². The van der Waals surface area contributed by atoms with E-state index in [9.17, 15) is 9.59 Å². The van der Waals surface area contributed by atoms with Crippen molar-refractivity contribution in [3.8, 4) is 5.75 Å². The molecule has 0 radical (unpaired) electrons. The van der Waals surface area contributed by atoms with Gasteiger partial charge in [0.15, 0.2) is 0 Å². The number of hydrogen-bond donors (Lipinski definition) is 1. The molecule has 1 aliphatic rings. The molecule has 138 valence electrons. The van der Waals surface area contributed by atoms with Gasteiger partial charge >= 0.3 is 6.09 Å². The Labute approximate surface area is 149 Å². The van der Waals surface area contributed by atoms with Crippen LogP contribution in [0.4, 0.5) is 4.79 Å². The molecule has 0 aromatic heterocycles. The number of amides is 2. The van der Waals surface area contributed by atoms with Gasteiger partial charge in [-0.3, -0.25) is 4.79 Å². The van der Waals surface area contributed by atoms with Crippen LogP contribution >= 0.6 is 0 Å². The lowest BCUT2D eigenvalue weighted by Gasteiger charge is -2.31. The lowest BCUT2D eigenvalue weighted by Crippen LogP contribution is -2.45. The van der Waals surface area contributed by atoms with Crippen molar-refractivity contribution >= 4 is 12.0 Å². The molecule has 1 heterocycles. The van der Waals surface area contributed by atoms with Gasteiger partial charge in [0.2, 0.25) is 5.91 Å². The van der Waals surface area contributed by atoms with Crippen molar-refractivity contribution in [3.05, 3.63) is 29.3 Å². The van der Waals surface area contributed by atoms with Crippen molar-refractivity contribution in [3.63, 3.8) is 0 Å². The first kappa shape index (κ1) is 19.1. The van der Waals surface area contributed by atoms with E-state index < -0.39 is 0 Å². The van der Waals surface area contributed by atoms with Crippen LogP contribution < -0.4 is 10.1 Å². The Morgan fingerprint density at radius 3 is 2.88 bits per heavy atom. The summed E-state index contributed by atoms with van der Waals surface area (Å²) < 4.78 is 10.4. The van der Waals surface area contributed by atoms with Crippen LogP contribution in [0.25, 0.3) is 0 Å². The second-order valence-electron chi connectivity index (χ2n) is 6.34. The molecule has 0 bridgehead atoms. The van der Waals surface area contributed by atoms with Crippen LogP contribution in [-0.2, 0) is 16.0 Å². The molecule has 2 amide bonds. The largest absolute Gasteiger partial charge is 0.496 e. The van der Waals surface area contributed by atoms with E-state index in [0.717, 1.165) is 24.2 Å².